The summed E-state index contributed by atoms with van der Waals surface area (Å²) in [5, 5.41) is 10.7. The van der Waals surface area contributed by atoms with Crippen LogP contribution in [0.15, 0.2) is 36.4 Å². The molecule has 0 aliphatic rings. The van der Waals surface area contributed by atoms with Crippen molar-refractivity contribution in [2.45, 2.75) is 13.8 Å². The van der Waals surface area contributed by atoms with Crippen LogP contribution in [0.25, 0.3) is 0 Å². The van der Waals surface area contributed by atoms with Gasteiger partial charge in [0.2, 0.25) is 0 Å². The number of benzene rings is 2. The van der Waals surface area contributed by atoms with E-state index in [1.165, 1.54) is 30.3 Å². The van der Waals surface area contributed by atoms with E-state index in [0.717, 1.165) is 0 Å². The molecule has 0 spiro atoms. The van der Waals surface area contributed by atoms with E-state index in [9.17, 15) is 19.7 Å². The van der Waals surface area contributed by atoms with Crippen molar-refractivity contribution in [1.82, 2.24) is 0 Å². The minimum atomic E-state index is -0.683. The summed E-state index contributed by atoms with van der Waals surface area (Å²) in [5.41, 5.74) is 0.323. The topological polar surface area (TPSA) is 105 Å². The van der Waals surface area contributed by atoms with Crippen molar-refractivity contribution < 1.29 is 28.7 Å². The van der Waals surface area contributed by atoms with Crippen LogP contribution in [0.3, 0.4) is 0 Å². The molecule has 28 heavy (non-hydrogen) atoms. The summed E-state index contributed by atoms with van der Waals surface area (Å²) in [4.78, 5) is 34.6. The minimum Gasteiger partial charge on any atom is -0.490 e. The van der Waals surface area contributed by atoms with E-state index >= 15 is 0 Å². The molecule has 0 heterocycles. The molecule has 2 aromatic rings. The number of nitrogens with zero attached hydrogens (tertiary/aromatic N) is 1. The van der Waals surface area contributed by atoms with Crippen molar-refractivity contribution in [3.63, 3.8) is 0 Å². The molecule has 0 aliphatic carbocycles. The number of ketones is 1. The number of carbonyl (C=O) groups excluding carboxylic acids is 2. The summed E-state index contributed by atoms with van der Waals surface area (Å²) < 4.78 is 16.8. The number of hydrogen-bond acceptors (Lipinski definition) is 7. The van der Waals surface area contributed by atoms with Gasteiger partial charge in [0.15, 0.2) is 23.9 Å². The van der Waals surface area contributed by atoms with Gasteiger partial charge in [-0.3, -0.25) is 14.9 Å². The van der Waals surface area contributed by atoms with Crippen molar-refractivity contribution in [3.05, 3.63) is 61.2 Å². The van der Waals surface area contributed by atoms with Crippen LogP contribution in [0, 0.1) is 13.7 Å². The molecule has 8 nitrogen and oxygen atoms in total. The molecule has 2 rings (SSSR count). The number of halogens is 1. The Morgan fingerprint density at radius 2 is 1.68 bits per heavy atom. The SMILES string of the molecule is CCOc1cc(C(=O)OCC(=O)c2ccc([N+](=O)[O-])cc2)cc(I)c1OCC. The first-order valence-electron chi connectivity index (χ1n) is 8.41. The summed E-state index contributed by atoms with van der Waals surface area (Å²) in [6, 6.07) is 8.18. The van der Waals surface area contributed by atoms with E-state index in [1.54, 1.807) is 6.07 Å². The van der Waals surface area contributed by atoms with Crippen LogP contribution in [0.1, 0.15) is 34.6 Å². The highest BCUT2D eigenvalue weighted by atomic mass is 127. The number of nitro benzene ring substituents is 1. The lowest BCUT2D eigenvalue weighted by molar-refractivity contribution is -0.384. The van der Waals surface area contributed by atoms with Gasteiger partial charge >= 0.3 is 5.97 Å². The van der Waals surface area contributed by atoms with Gasteiger partial charge in [-0.1, -0.05) is 0 Å². The molecule has 0 unspecified atom stereocenters. The van der Waals surface area contributed by atoms with E-state index in [4.69, 9.17) is 14.2 Å². The highest BCUT2D eigenvalue weighted by Gasteiger charge is 2.18. The number of non-ortho nitro benzene ring substituents is 1. The quantitative estimate of drug-likeness (QED) is 0.169. The summed E-state index contributed by atoms with van der Waals surface area (Å²) in [6.07, 6.45) is 0. The van der Waals surface area contributed by atoms with E-state index in [1.807, 2.05) is 36.4 Å². The third-order valence-electron chi connectivity index (χ3n) is 3.57. The molecular formula is C19H18INO7. The van der Waals surface area contributed by atoms with Gasteiger partial charge in [0, 0.05) is 17.7 Å². The van der Waals surface area contributed by atoms with Crippen LogP contribution in [-0.2, 0) is 4.74 Å². The zero-order valence-corrected chi connectivity index (χ0v) is 17.4. The molecule has 0 atom stereocenters. The molecule has 0 saturated heterocycles. The van der Waals surface area contributed by atoms with Crippen LogP contribution >= 0.6 is 22.6 Å². The number of ether oxygens (including phenoxy) is 3. The predicted molar refractivity (Wildman–Crippen MR) is 109 cm³/mol. The van der Waals surface area contributed by atoms with Crippen LogP contribution in [-0.4, -0.2) is 36.5 Å². The van der Waals surface area contributed by atoms with Gasteiger partial charge in [-0.15, -0.1) is 0 Å². The van der Waals surface area contributed by atoms with Gasteiger partial charge in [-0.2, -0.15) is 0 Å². The van der Waals surface area contributed by atoms with Gasteiger partial charge in [0.1, 0.15) is 0 Å². The Morgan fingerprint density at radius 3 is 2.25 bits per heavy atom. The van der Waals surface area contributed by atoms with E-state index in [2.05, 4.69) is 0 Å². The first kappa shape index (κ1) is 21.6. The average molecular weight is 499 g/mol. The number of esters is 1. The molecule has 0 amide bonds. The van der Waals surface area contributed by atoms with Gasteiger partial charge in [-0.25, -0.2) is 4.79 Å². The predicted octanol–water partition coefficient (Wildman–Crippen LogP) is 4.04. The zero-order chi connectivity index (χ0) is 20.7. The fourth-order valence-corrected chi connectivity index (χ4v) is 3.06. The summed E-state index contributed by atoms with van der Waals surface area (Å²) in [5.74, 6) is -0.181. The molecule has 0 N–H and O–H groups in total. The minimum absolute atomic E-state index is 0.124. The highest BCUT2D eigenvalue weighted by Crippen LogP contribution is 2.34. The van der Waals surface area contributed by atoms with Crippen LogP contribution < -0.4 is 9.47 Å². The molecule has 148 valence electrons. The molecule has 0 aliphatic heterocycles. The van der Waals surface area contributed by atoms with E-state index in [0.29, 0.717) is 28.3 Å². The van der Waals surface area contributed by atoms with Gasteiger partial charge in [0.25, 0.3) is 5.69 Å². The zero-order valence-electron chi connectivity index (χ0n) is 15.3. The lowest BCUT2D eigenvalue weighted by Crippen LogP contribution is -2.15. The summed E-state index contributed by atoms with van der Waals surface area (Å²) >= 11 is 2.03. The van der Waals surface area contributed by atoms with Crippen LogP contribution in [0.4, 0.5) is 5.69 Å². The smallest absolute Gasteiger partial charge is 0.338 e. The third kappa shape index (κ3) is 5.41. The maximum atomic E-state index is 12.3. The largest absolute Gasteiger partial charge is 0.490 e. The second-order valence-corrected chi connectivity index (χ2v) is 6.62. The molecule has 0 aromatic heterocycles. The van der Waals surface area contributed by atoms with Gasteiger partial charge in [0.05, 0.1) is 27.3 Å². The maximum Gasteiger partial charge on any atom is 0.338 e. The molecule has 0 bridgehead atoms. The normalized spacial score (nSPS) is 10.2. The van der Waals surface area contributed by atoms with E-state index < -0.39 is 23.3 Å². The summed E-state index contributed by atoms with van der Waals surface area (Å²) in [7, 11) is 0. The Morgan fingerprint density at radius 1 is 1.04 bits per heavy atom. The monoisotopic (exact) mass is 499 g/mol. The molecule has 9 heteroatoms. The van der Waals surface area contributed by atoms with Crippen LogP contribution in [0.5, 0.6) is 11.5 Å². The second kappa shape index (κ2) is 10.0. The fourth-order valence-electron chi connectivity index (χ4n) is 2.30. The molecule has 0 radical (unpaired) electrons. The Hall–Kier alpha value is -2.69. The third-order valence-corrected chi connectivity index (χ3v) is 4.37. The molecule has 0 saturated carbocycles. The number of hydrogen-bond donors (Lipinski definition) is 0. The maximum absolute atomic E-state index is 12.3. The Kier molecular flexibility index (Phi) is 7.73. The Labute approximate surface area is 175 Å². The molecule has 2 aromatic carbocycles. The number of rotatable bonds is 9. The Bertz CT molecular complexity index is 881. The van der Waals surface area contributed by atoms with E-state index in [-0.39, 0.29) is 16.8 Å². The van der Waals surface area contributed by atoms with Crippen LogP contribution in [0.2, 0.25) is 0 Å². The lowest BCUT2D eigenvalue weighted by Gasteiger charge is -2.14. The van der Waals surface area contributed by atoms with Crippen molar-refractivity contribution >= 4 is 40.0 Å². The molecule has 0 fully saturated rings. The second-order valence-electron chi connectivity index (χ2n) is 5.45. The number of carbonyl (C=O) groups is 2. The van der Waals surface area contributed by atoms with Gasteiger partial charge < -0.3 is 14.2 Å². The highest BCUT2D eigenvalue weighted by molar-refractivity contribution is 14.1. The first-order chi connectivity index (χ1) is 13.4. The Balaban J connectivity index is 2.09. The van der Waals surface area contributed by atoms with Crippen molar-refractivity contribution in [2.24, 2.45) is 0 Å². The first-order valence-corrected chi connectivity index (χ1v) is 9.49. The van der Waals surface area contributed by atoms with Gasteiger partial charge in [-0.05, 0) is 60.7 Å². The molecular weight excluding hydrogens is 481 g/mol. The van der Waals surface area contributed by atoms with Crippen molar-refractivity contribution in [2.75, 3.05) is 19.8 Å². The average Bonchev–Trinajstić information content (AvgIpc) is 2.68. The lowest BCUT2D eigenvalue weighted by atomic mass is 10.1. The number of nitro groups is 1. The standard InChI is InChI=1S/C19H18INO7/c1-3-26-17-10-13(9-15(20)18(17)27-4-2)19(23)28-11-16(22)12-5-7-14(8-6-12)21(24)25/h5-10H,3-4,11H2,1-2H3. The summed E-state index contributed by atoms with van der Waals surface area (Å²) in [6.45, 7) is 4.02. The fraction of sp³-hybridized carbons (Fsp3) is 0.263. The van der Waals surface area contributed by atoms with Crippen molar-refractivity contribution in [3.8, 4) is 11.5 Å². The van der Waals surface area contributed by atoms with Crippen molar-refractivity contribution in [1.29, 1.82) is 0 Å². The number of Topliss-reactive ketones (excluding diaryl/α,β-unsaturated/α-hetero) is 1.